The average molecular weight is 237 g/mol. The smallest absolute Gasteiger partial charge is 0.146 e. The van der Waals surface area contributed by atoms with Gasteiger partial charge in [0, 0.05) is 25.7 Å². The van der Waals surface area contributed by atoms with Gasteiger partial charge >= 0.3 is 0 Å². The minimum atomic E-state index is 0.312. The van der Waals surface area contributed by atoms with Gasteiger partial charge in [0.1, 0.15) is 11.6 Å². The molecule has 0 aliphatic carbocycles. The zero-order valence-corrected chi connectivity index (χ0v) is 11.3. The van der Waals surface area contributed by atoms with E-state index in [1.807, 2.05) is 14.0 Å². The van der Waals surface area contributed by atoms with Crippen LogP contribution in [0.5, 0.6) is 0 Å². The van der Waals surface area contributed by atoms with Gasteiger partial charge in [-0.3, -0.25) is 4.90 Å². The number of piperidine rings is 1. The van der Waals surface area contributed by atoms with Gasteiger partial charge in [-0.2, -0.15) is 0 Å². The van der Waals surface area contributed by atoms with Crippen molar-refractivity contribution in [2.45, 2.75) is 38.8 Å². The number of aromatic nitrogens is 3. The first-order valence-electron chi connectivity index (χ1n) is 6.30. The highest BCUT2D eigenvalue weighted by molar-refractivity contribution is 4.95. The molecule has 1 aromatic heterocycles. The summed E-state index contributed by atoms with van der Waals surface area (Å²) in [5.74, 6) is 2.05. The van der Waals surface area contributed by atoms with E-state index in [9.17, 15) is 0 Å². The maximum atomic E-state index is 4.22. The highest BCUT2D eigenvalue weighted by Gasteiger charge is 2.28. The molecule has 0 radical (unpaired) electrons. The number of likely N-dealkylation sites (tertiary alicyclic amines) is 1. The molecule has 0 saturated carbocycles. The largest absolute Gasteiger partial charge is 0.317 e. The predicted molar refractivity (Wildman–Crippen MR) is 67.7 cm³/mol. The summed E-state index contributed by atoms with van der Waals surface area (Å²) in [4.78, 5) is 2.46. The van der Waals surface area contributed by atoms with Gasteiger partial charge in [-0.05, 0) is 33.7 Å². The lowest BCUT2D eigenvalue weighted by molar-refractivity contribution is 0.142. The summed E-state index contributed by atoms with van der Waals surface area (Å²) in [6, 6.07) is 0. The number of hydrogen-bond donors (Lipinski definition) is 1. The van der Waals surface area contributed by atoms with Crippen LogP contribution in [0.2, 0.25) is 0 Å². The molecule has 96 valence electrons. The second-order valence-electron chi connectivity index (χ2n) is 5.31. The molecule has 1 saturated heterocycles. The van der Waals surface area contributed by atoms with Crippen molar-refractivity contribution >= 4 is 0 Å². The molecule has 1 aromatic rings. The summed E-state index contributed by atoms with van der Waals surface area (Å²) >= 11 is 0. The zero-order valence-electron chi connectivity index (χ0n) is 11.3. The molecule has 0 bridgehead atoms. The molecule has 1 fully saturated rings. The third-order valence-electron chi connectivity index (χ3n) is 4.11. The Morgan fingerprint density at radius 1 is 1.29 bits per heavy atom. The van der Waals surface area contributed by atoms with Crippen LogP contribution in [0, 0.1) is 6.92 Å². The van der Waals surface area contributed by atoms with Crippen molar-refractivity contribution < 1.29 is 0 Å². The first-order valence-corrected chi connectivity index (χ1v) is 6.30. The minimum Gasteiger partial charge on any atom is -0.317 e. The van der Waals surface area contributed by atoms with Crippen LogP contribution in [0.3, 0.4) is 0 Å². The summed E-state index contributed by atoms with van der Waals surface area (Å²) in [6.45, 7) is 7.46. The van der Waals surface area contributed by atoms with Crippen molar-refractivity contribution in [3.63, 3.8) is 0 Å². The summed E-state index contributed by atoms with van der Waals surface area (Å²) < 4.78 is 2.08. The molecule has 0 aromatic carbocycles. The van der Waals surface area contributed by atoms with Crippen molar-refractivity contribution in [1.29, 1.82) is 0 Å². The summed E-state index contributed by atoms with van der Waals surface area (Å²) in [5.41, 5.74) is 0.312. The van der Waals surface area contributed by atoms with E-state index in [2.05, 4.69) is 39.0 Å². The van der Waals surface area contributed by atoms with Gasteiger partial charge in [0.2, 0.25) is 0 Å². The van der Waals surface area contributed by atoms with E-state index in [-0.39, 0.29) is 0 Å². The van der Waals surface area contributed by atoms with Crippen LogP contribution in [-0.2, 0) is 13.6 Å². The molecule has 0 amide bonds. The fourth-order valence-corrected chi connectivity index (χ4v) is 2.24. The zero-order chi connectivity index (χ0) is 12.5. The van der Waals surface area contributed by atoms with Crippen molar-refractivity contribution in [1.82, 2.24) is 25.0 Å². The van der Waals surface area contributed by atoms with E-state index in [4.69, 9.17) is 0 Å². The lowest BCUT2D eigenvalue weighted by Crippen LogP contribution is -2.49. The quantitative estimate of drug-likeness (QED) is 0.840. The van der Waals surface area contributed by atoms with E-state index in [0.29, 0.717) is 5.54 Å². The summed E-state index contributed by atoms with van der Waals surface area (Å²) in [5, 5.41) is 11.7. The Kier molecular flexibility index (Phi) is 3.49. The molecule has 0 atom stereocenters. The number of aryl methyl sites for hydroxylation is 1. The third kappa shape index (κ3) is 2.66. The van der Waals surface area contributed by atoms with Crippen molar-refractivity contribution in [2.75, 3.05) is 20.1 Å². The molecule has 2 rings (SSSR count). The predicted octanol–water partition coefficient (Wildman–Crippen LogP) is 0.697. The Hall–Kier alpha value is -0.940. The van der Waals surface area contributed by atoms with Gasteiger partial charge in [-0.1, -0.05) is 0 Å². The topological polar surface area (TPSA) is 46.0 Å². The number of nitrogens with one attached hydrogen (secondary N) is 1. The van der Waals surface area contributed by atoms with Crippen molar-refractivity contribution in [2.24, 2.45) is 7.05 Å². The SMILES string of the molecule is CNC1(C)CCN(Cc2nnc(C)n2C)CC1. The Bertz CT molecular complexity index is 376. The monoisotopic (exact) mass is 237 g/mol. The second kappa shape index (κ2) is 4.74. The van der Waals surface area contributed by atoms with Gasteiger partial charge in [0.25, 0.3) is 0 Å². The Morgan fingerprint density at radius 3 is 2.41 bits per heavy atom. The lowest BCUT2D eigenvalue weighted by atomic mass is 9.90. The highest BCUT2D eigenvalue weighted by Crippen LogP contribution is 2.21. The van der Waals surface area contributed by atoms with Crippen LogP contribution in [0.1, 0.15) is 31.4 Å². The summed E-state index contributed by atoms with van der Waals surface area (Å²) in [6.07, 6.45) is 2.39. The molecule has 2 heterocycles. The van der Waals surface area contributed by atoms with Crippen LogP contribution in [0.25, 0.3) is 0 Å². The summed E-state index contributed by atoms with van der Waals surface area (Å²) in [7, 11) is 4.09. The number of hydrogen-bond acceptors (Lipinski definition) is 4. The molecule has 5 nitrogen and oxygen atoms in total. The van der Waals surface area contributed by atoms with E-state index in [0.717, 1.165) is 31.3 Å². The van der Waals surface area contributed by atoms with E-state index < -0.39 is 0 Å². The Balaban J connectivity index is 1.92. The first-order chi connectivity index (χ1) is 8.04. The van der Waals surface area contributed by atoms with Gasteiger partial charge < -0.3 is 9.88 Å². The number of rotatable bonds is 3. The molecule has 0 unspecified atom stereocenters. The van der Waals surface area contributed by atoms with Gasteiger partial charge in [0.05, 0.1) is 6.54 Å². The van der Waals surface area contributed by atoms with Crippen molar-refractivity contribution in [3.05, 3.63) is 11.6 Å². The Labute approximate surface area is 103 Å². The fourth-order valence-electron chi connectivity index (χ4n) is 2.24. The van der Waals surface area contributed by atoms with Crippen LogP contribution < -0.4 is 5.32 Å². The highest BCUT2D eigenvalue weighted by atomic mass is 15.3. The van der Waals surface area contributed by atoms with E-state index in [1.165, 1.54) is 12.8 Å². The molecule has 17 heavy (non-hydrogen) atoms. The lowest BCUT2D eigenvalue weighted by Gasteiger charge is -2.39. The standard InChI is InChI=1S/C12H23N5/c1-10-14-15-11(16(10)4)9-17-7-5-12(2,13-3)6-8-17/h13H,5-9H2,1-4H3. The molecular formula is C12H23N5. The number of nitrogens with zero attached hydrogens (tertiary/aromatic N) is 4. The van der Waals surface area contributed by atoms with Crippen LogP contribution in [0.15, 0.2) is 0 Å². The van der Waals surface area contributed by atoms with Crippen molar-refractivity contribution in [3.8, 4) is 0 Å². The molecule has 1 aliphatic rings. The third-order valence-corrected chi connectivity index (χ3v) is 4.11. The van der Waals surface area contributed by atoms with Crippen LogP contribution >= 0.6 is 0 Å². The van der Waals surface area contributed by atoms with Gasteiger partial charge in [-0.15, -0.1) is 10.2 Å². The maximum absolute atomic E-state index is 4.22. The molecule has 1 N–H and O–H groups in total. The normalized spacial score (nSPS) is 20.7. The Morgan fingerprint density at radius 2 is 1.94 bits per heavy atom. The minimum absolute atomic E-state index is 0.312. The maximum Gasteiger partial charge on any atom is 0.146 e. The van der Waals surface area contributed by atoms with Gasteiger partial charge in [0.15, 0.2) is 0 Å². The molecule has 1 aliphatic heterocycles. The molecule has 5 heteroatoms. The fraction of sp³-hybridized carbons (Fsp3) is 0.833. The second-order valence-corrected chi connectivity index (χ2v) is 5.31. The van der Waals surface area contributed by atoms with E-state index in [1.54, 1.807) is 0 Å². The van der Waals surface area contributed by atoms with Crippen LogP contribution in [0.4, 0.5) is 0 Å². The molecular weight excluding hydrogens is 214 g/mol. The average Bonchev–Trinajstić information content (AvgIpc) is 2.64. The van der Waals surface area contributed by atoms with Gasteiger partial charge in [-0.25, -0.2) is 0 Å². The first kappa shape index (κ1) is 12.5. The van der Waals surface area contributed by atoms with E-state index >= 15 is 0 Å². The van der Waals surface area contributed by atoms with Crippen LogP contribution in [-0.4, -0.2) is 45.3 Å². The molecule has 0 spiro atoms.